The minimum Gasteiger partial charge on any atom is -0.355 e. The van der Waals surface area contributed by atoms with Gasteiger partial charge in [0.1, 0.15) is 6.04 Å². The molecular formula is C25H33Cl2N3O4S. The van der Waals surface area contributed by atoms with Gasteiger partial charge in [-0.15, -0.1) is 0 Å². The van der Waals surface area contributed by atoms with Gasteiger partial charge in [-0.25, -0.2) is 8.42 Å². The number of aryl methyl sites for hydroxylation is 1. The summed E-state index contributed by atoms with van der Waals surface area (Å²) in [4.78, 5) is 27.3. The standard InChI is InChI=1S/C25H33Cl2N3O4S/c1-6-28-25(32)19(4)29(16-20-12-13-21(26)22(27)15-20)24(31)11-8-14-30(35(5,33)34)23-10-7-9-17(2)18(23)3/h7,9-10,12-13,15,19H,6,8,11,14,16H2,1-5H3,(H,28,32)/t19-/m0/s1. The second kappa shape index (κ2) is 12.6. The molecule has 0 saturated heterocycles. The largest absolute Gasteiger partial charge is 0.355 e. The van der Waals surface area contributed by atoms with Crippen molar-refractivity contribution in [3.63, 3.8) is 0 Å². The van der Waals surface area contributed by atoms with Crippen LogP contribution in [0.15, 0.2) is 36.4 Å². The lowest BCUT2D eigenvalue weighted by Gasteiger charge is -2.29. The van der Waals surface area contributed by atoms with Crippen molar-refractivity contribution in [3.05, 3.63) is 63.1 Å². The third kappa shape index (κ3) is 7.85. The topological polar surface area (TPSA) is 86.8 Å². The third-order valence-electron chi connectivity index (χ3n) is 5.85. The number of hydrogen-bond donors (Lipinski definition) is 1. The van der Waals surface area contributed by atoms with Gasteiger partial charge in [-0.1, -0.05) is 41.4 Å². The predicted octanol–water partition coefficient (Wildman–Crippen LogP) is 4.71. The summed E-state index contributed by atoms with van der Waals surface area (Å²) in [7, 11) is -3.55. The number of hydrogen-bond acceptors (Lipinski definition) is 4. The number of nitrogens with zero attached hydrogens (tertiary/aromatic N) is 2. The van der Waals surface area contributed by atoms with Gasteiger partial charge in [-0.05, 0) is 69.0 Å². The van der Waals surface area contributed by atoms with E-state index in [4.69, 9.17) is 23.2 Å². The highest BCUT2D eigenvalue weighted by molar-refractivity contribution is 7.92. The van der Waals surface area contributed by atoms with Crippen LogP contribution in [0, 0.1) is 13.8 Å². The summed E-state index contributed by atoms with van der Waals surface area (Å²) in [5.41, 5.74) is 3.19. The van der Waals surface area contributed by atoms with Gasteiger partial charge in [0.05, 0.1) is 22.0 Å². The van der Waals surface area contributed by atoms with Crippen molar-refractivity contribution in [1.82, 2.24) is 10.2 Å². The lowest BCUT2D eigenvalue weighted by molar-refractivity contribution is -0.140. The Labute approximate surface area is 218 Å². The van der Waals surface area contributed by atoms with Gasteiger partial charge in [-0.3, -0.25) is 13.9 Å². The fourth-order valence-corrected chi connectivity index (χ4v) is 5.06. The van der Waals surface area contributed by atoms with Gasteiger partial charge < -0.3 is 10.2 Å². The highest BCUT2D eigenvalue weighted by Crippen LogP contribution is 2.26. The van der Waals surface area contributed by atoms with Crippen molar-refractivity contribution < 1.29 is 18.0 Å². The van der Waals surface area contributed by atoms with Gasteiger partial charge in [0, 0.05) is 26.1 Å². The molecule has 7 nitrogen and oxygen atoms in total. The lowest BCUT2D eigenvalue weighted by Crippen LogP contribution is -2.47. The molecule has 0 saturated carbocycles. The number of anilines is 1. The van der Waals surface area contributed by atoms with E-state index in [9.17, 15) is 18.0 Å². The Morgan fingerprint density at radius 3 is 2.37 bits per heavy atom. The van der Waals surface area contributed by atoms with Crippen LogP contribution in [0.25, 0.3) is 0 Å². The van der Waals surface area contributed by atoms with E-state index in [1.54, 1.807) is 31.2 Å². The summed E-state index contributed by atoms with van der Waals surface area (Å²) in [6.45, 7) is 8.03. The van der Waals surface area contributed by atoms with E-state index in [0.29, 0.717) is 28.7 Å². The molecule has 2 aromatic rings. The van der Waals surface area contributed by atoms with Crippen LogP contribution in [0.1, 0.15) is 43.4 Å². The summed E-state index contributed by atoms with van der Waals surface area (Å²) in [5.74, 6) is -0.529. The second-order valence-electron chi connectivity index (χ2n) is 8.50. The summed E-state index contributed by atoms with van der Waals surface area (Å²) < 4.78 is 26.4. The molecule has 0 bridgehead atoms. The first-order valence-corrected chi connectivity index (χ1v) is 14.0. The molecule has 1 N–H and O–H groups in total. The van der Waals surface area contributed by atoms with E-state index in [0.717, 1.165) is 22.9 Å². The van der Waals surface area contributed by atoms with Crippen LogP contribution >= 0.6 is 23.2 Å². The van der Waals surface area contributed by atoms with E-state index in [1.165, 1.54) is 9.21 Å². The van der Waals surface area contributed by atoms with Crippen molar-refractivity contribution in [2.75, 3.05) is 23.7 Å². The Balaban J connectivity index is 2.21. The van der Waals surface area contributed by atoms with Gasteiger partial charge in [0.25, 0.3) is 0 Å². The molecular weight excluding hydrogens is 509 g/mol. The Kier molecular flexibility index (Phi) is 10.4. The van der Waals surface area contributed by atoms with Crippen molar-refractivity contribution >= 4 is 50.7 Å². The molecule has 0 aliphatic carbocycles. The van der Waals surface area contributed by atoms with Crippen molar-refractivity contribution in [1.29, 1.82) is 0 Å². The number of carbonyl (C=O) groups excluding carboxylic acids is 2. The fourth-order valence-electron chi connectivity index (χ4n) is 3.73. The van der Waals surface area contributed by atoms with E-state index in [2.05, 4.69) is 5.32 Å². The van der Waals surface area contributed by atoms with Crippen molar-refractivity contribution in [3.8, 4) is 0 Å². The van der Waals surface area contributed by atoms with Crippen molar-refractivity contribution in [2.45, 2.75) is 53.1 Å². The maximum atomic E-state index is 13.3. The summed E-state index contributed by atoms with van der Waals surface area (Å²) >= 11 is 12.1. The number of benzene rings is 2. The van der Waals surface area contributed by atoms with E-state index >= 15 is 0 Å². The molecule has 10 heteroatoms. The number of sulfonamides is 1. The maximum absolute atomic E-state index is 13.3. The van der Waals surface area contributed by atoms with E-state index in [-0.39, 0.29) is 31.3 Å². The molecule has 0 fully saturated rings. The molecule has 0 aromatic heterocycles. The quantitative estimate of drug-likeness (QED) is 0.446. The highest BCUT2D eigenvalue weighted by Gasteiger charge is 2.27. The smallest absolute Gasteiger partial charge is 0.242 e. The van der Waals surface area contributed by atoms with E-state index in [1.807, 2.05) is 32.9 Å². The minimum absolute atomic E-state index is 0.0714. The summed E-state index contributed by atoms with van der Waals surface area (Å²) in [5, 5.41) is 3.51. The first-order valence-electron chi connectivity index (χ1n) is 11.4. The number of rotatable bonds is 11. The molecule has 35 heavy (non-hydrogen) atoms. The van der Waals surface area contributed by atoms with Gasteiger partial charge >= 0.3 is 0 Å². The number of halogens is 2. The molecule has 2 amide bonds. The number of carbonyl (C=O) groups is 2. The van der Waals surface area contributed by atoms with E-state index < -0.39 is 16.1 Å². The van der Waals surface area contributed by atoms with Crippen LogP contribution in [0.3, 0.4) is 0 Å². The number of amides is 2. The second-order valence-corrected chi connectivity index (χ2v) is 11.2. The molecule has 0 aliphatic heterocycles. The zero-order valence-corrected chi connectivity index (χ0v) is 23.1. The SMILES string of the molecule is CCNC(=O)[C@H](C)N(Cc1ccc(Cl)c(Cl)c1)C(=O)CCCN(c1cccc(C)c1C)S(C)(=O)=O. The molecule has 0 aliphatic rings. The lowest BCUT2D eigenvalue weighted by atomic mass is 10.1. The molecule has 0 unspecified atom stereocenters. The predicted molar refractivity (Wildman–Crippen MR) is 142 cm³/mol. The molecule has 0 radical (unpaired) electrons. The molecule has 192 valence electrons. The zero-order valence-electron chi connectivity index (χ0n) is 20.8. The maximum Gasteiger partial charge on any atom is 0.242 e. The highest BCUT2D eigenvalue weighted by atomic mass is 35.5. The Hall–Kier alpha value is -2.29. The normalized spacial score (nSPS) is 12.2. The molecule has 0 spiro atoms. The minimum atomic E-state index is -3.55. The number of likely N-dealkylation sites (N-methyl/N-ethyl adjacent to an activating group) is 1. The first-order chi connectivity index (χ1) is 16.4. The van der Waals surface area contributed by atoms with Crippen LogP contribution in [0.5, 0.6) is 0 Å². The zero-order chi connectivity index (χ0) is 26.3. The van der Waals surface area contributed by atoms with Crippen LogP contribution in [-0.4, -0.2) is 50.5 Å². The summed E-state index contributed by atoms with van der Waals surface area (Å²) in [6, 6.07) is 9.85. The van der Waals surface area contributed by atoms with Crippen LogP contribution in [-0.2, 0) is 26.2 Å². The van der Waals surface area contributed by atoms with Gasteiger partial charge in [0.2, 0.25) is 21.8 Å². The summed E-state index contributed by atoms with van der Waals surface area (Å²) in [6.07, 6.45) is 1.52. The molecule has 1 atom stereocenters. The van der Waals surface area contributed by atoms with Crippen LogP contribution < -0.4 is 9.62 Å². The van der Waals surface area contributed by atoms with Gasteiger partial charge in [-0.2, -0.15) is 0 Å². The average molecular weight is 543 g/mol. The Morgan fingerprint density at radius 2 is 1.77 bits per heavy atom. The molecule has 0 heterocycles. The Morgan fingerprint density at radius 1 is 1.09 bits per heavy atom. The van der Waals surface area contributed by atoms with Crippen molar-refractivity contribution in [2.24, 2.45) is 0 Å². The molecule has 2 aromatic carbocycles. The van der Waals surface area contributed by atoms with Gasteiger partial charge in [0.15, 0.2) is 0 Å². The fraction of sp³-hybridized carbons (Fsp3) is 0.440. The first kappa shape index (κ1) is 28.9. The number of nitrogens with one attached hydrogen (secondary N) is 1. The van der Waals surface area contributed by atoms with Crippen LogP contribution in [0.4, 0.5) is 5.69 Å². The third-order valence-corrected chi connectivity index (χ3v) is 7.77. The Bertz CT molecular complexity index is 1170. The average Bonchev–Trinajstić information content (AvgIpc) is 2.78. The van der Waals surface area contributed by atoms with Crippen LogP contribution in [0.2, 0.25) is 10.0 Å². The monoisotopic (exact) mass is 541 g/mol. The molecule has 2 rings (SSSR count).